The summed E-state index contributed by atoms with van der Waals surface area (Å²) in [6, 6.07) is 7.71. The summed E-state index contributed by atoms with van der Waals surface area (Å²) in [6.07, 6.45) is 4.57. The van der Waals surface area contributed by atoms with E-state index < -0.39 is 0 Å². The van der Waals surface area contributed by atoms with E-state index in [1.807, 2.05) is 24.3 Å². The summed E-state index contributed by atoms with van der Waals surface area (Å²) >= 11 is 5.74. The highest BCUT2D eigenvalue weighted by Crippen LogP contribution is 2.31. The van der Waals surface area contributed by atoms with Crippen molar-refractivity contribution in [1.82, 2.24) is 5.32 Å². The van der Waals surface area contributed by atoms with E-state index >= 15 is 0 Å². The number of hydrogen-bond acceptors (Lipinski definition) is 1. The van der Waals surface area contributed by atoms with Gasteiger partial charge in [0.1, 0.15) is 0 Å². The average molecular weight is 408 g/mol. The molecule has 2 rings (SSSR count). The van der Waals surface area contributed by atoms with Crippen LogP contribution in [-0.4, -0.2) is 16.8 Å². The zero-order valence-electron chi connectivity index (χ0n) is 9.51. The summed E-state index contributed by atoms with van der Waals surface area (Å²) in [6.45, 7) is 0. The number of rotatable bonds is 3. The third-order valence-corrected chi connectivity index (χ3v) is 5.33. The molecule has 1 aliphatic carbocycles. The highest BCUT2D eigenvalue weighted by Gasteiger charge is 2.34. The Morgan fingerprint density at radius 3 is 2.59 bits per heavy atom. The molecule has 2 nitrogen and oxygen atoms in total. The van der Waals surface area contributed by atoms with Gasteiger partial charge in [0.25, 0.3) is 5.91 Å². The molecule has 1 aromatic rings. The van der Waals surface area contributed by atoms with E-state index in [1.165, 1.54) is 12.8 Å². The fraction of sp³-hybridized carbons (Fsp3) is 0.462. The van der Waals surface area contributed by atoms with E-state index in [2.05, 4.69) is 43.8 Å². The van der Waals surface area contributed by atoms with Crippen molar-refractivity contribution in [1.29, 1.82) is 0 Å². The topological polar surface area (TPSA) is 29.1 Å². The van der Waals surface area contributed by atoms with E-state index in [-0.39, 0.29) is 11.4 Å². The fourth-order valence-corrected chi connectivity index (χ4v) is 3.63. The van der Waals surface area contributed by atoms with Crippen LogP contribution in [0.25, 0.3) is 0 Å². The first-order chi connectivity index (χ1) is 8.17. The van der Waals surface area contributed by atoms with Crippen molar-refractivity contribution in [2.45, 2.75) is 31.2 Å². The van der Waals surface area contributed by atoms with Gasteiger partial charge in [0.15, 0.2) is 0 Å². The van der Waals surface area contributed by atoms with Crippen LogP contribution in [0, 0.1) is 3.57 Å². The Balaban J connectivity index is 2.14. The van der Waals surface area contributed by atoms with Gasteiger partial charge in [0.2, 0.25) is 0 Å². The quantitative estimate of drug-likeness (QED) is 0.600. The summed E-state index contributed by atoms with van der Waals surface area (Å²) in [7, 11) is 0. The number of alkyl halides is 1. The second-order valence-corrected chi connectivity index (χ2v) is 6.28. The maximum Gasteiger partial charge on any atom is 0.252 e. The first-order valence-electron chi connectivity index (χ1n) is 5.80. The van der Waals surface area contributed by atoms with Crippen LogP contribution in [-0.2, 0) is 0 Å². The zero-order chi connectivity index (χ0) is 12.3. The molecule has 0 atom stereocenters. The smallest absolute Gasteiger partial charge is 0.252 e. The minimum atomic E-state index is -0.0317. The Morgan fingerprint density at radius 2 is 2.00 bits per heavy atom. The van der Waals surface area contributed by atoms with E-state index in [9.17, 15) is 4.79 Å². The molecule has 1 fully saturated rings. The molecule has 4 heteroatoms. The van der Waals surface area contributed by atoms with Gasteiger partial charge in [-0.3, -0.25) is 4.79 Å². The SMILES string of the molecule is O=C(NC1(CBr)CCCC1)c1ccccc1I. The van der Waals surface area contributed by atoms with Gasteiger partial charge in [-0.25, -0.2) is 0 Å². The highest BCUT2D eigenvalue weighted by molar-refractivity contribution is 14.1. The minimum absolute atomic E-state index is 0.0317. The van der Waals surface area contributed by atoms with E-state index in [0.29, 0.717) is 0 Å². The maximum absolute atomic E-state index is 12.2. The molecule has 17 heavy (non-hydrogen) atoms. The van der Waals surface area contributed by atoms with Crippen molar-refractivity contribution in [2.75, 3.05) is 5.33 Å². The minimum Gasteiger partial charge on any atom is -0.346 e. The zero-order valence-corrected chi connectivity index (χ0v) is 13.3. The van der Waals surface area contributed by atoms with Crippen molar-refractivity contribution in [3.05, 3.63) is 33.4 Å². The number of halogens is 2. The van der Waals surface area contributed by atoms with Gasteiger partial charge in [0.05, 0.1) is 11.1 Å². The fourth-order valence-electron chi connectivity index (χ4n) is 2.30. The lowest BCUT2D eigenvalue weighted by atomic mass is 10.00. The lowest BCUT2D eigenvalue weighted by molar-refractivity contribution is 0.0909. The lowest BCUT2D eigenvalue weighted by Gasteiger charge is -2.28. The lowest BCUT2D eigenvalue weighted by Crippen LogP contribution is -2.47. The summed E-state index contributed by atoms with van der Waals surface area (Å²) < 4.78 is 1.00. The van der Waals surface area contributed by atoms with Gasteiger partial charge in [-0.2, -0.15) is 0 Å². The molecule has 1 aliphatic rings. The molecule has 1 saturated carbocycles. The number of carbonyl (C=O) groups excluding carboxylic acids is 1. The molecule has 1 N–H and O–H groups in total. The predicted molar refractivity (Wildman–Crippen MR) is 81.6 cm³/mol. The molecule has 0 aromatic heterocycles. The van der Waals surface area contributed by atoms with Crippen LogP contribution in [0.15, 0.2) is 24.3 Å². The van der Waals surface area contributed by atoms with Crippen molar-refractivity contribution in [2.24, 2.45) is 0 Å². The van der Waals surface area contributed by atoms with Gasteiger partial charge in [-0.05, 0) is 47.6 Å². The van der Waals surface area contributed by atoms with E-state index in [4.69, 9.17) is 0 Å². The summed E-state index contributed by atoms with van der Waals surface area (Å²) in [4.78, 5) is 12.2. The molecule has 0 saturated heterocycles. The second-order valence-electron chi connectivity index (χ2n) is 4.56. The Morgan fingerprint density at radius 1 is 1.35 bits per heavy atom. The number of hydrogen-bond donors (Lipinski definition) is 1. The van der Waals surface area contributed by atoms with Crippen LogP contribution >= 0.6 is 38.5 Å². The molecule has 0 heterocycles. The Kier molecular flexibility index (Phi) is 4.47. The van der Waals surface area contributed by atoms with Crippen LogP contribution in [0.3, 0.4) is 0 Å². The van der Waals surface area contributed by atoms with Crippen LogP contribution < -0.4 is 5.32 Å². The van der Waals surface area contributed by atoms with Crippen LogP contribution in [0.1, 0.15) is 36.0 Å². The van der Waals surface area contributed by atoms with Gasteiger partial charge < -0.3 is 5.32 Å². The van der Waals surface area contributed by atoms with Gasteiger partial charge in [0, 0.05) is 8.90 Å². The first kappa shape index (κ1) is 13.3. The predicted octanol–water partition coefficient (Wildman–Crippen LogP) is 3.73. The van der Waals surface area contributed by atoms with Crippen LogP contribution in [0.2, 0.25) is 0 Å². The van der Waals surface area contributed by atoms with Crippen LogP contribution in [0.5, 0.6) is 0 Å². The molecular formula is C13H15BrINO. The number of carbonyl (C=O) groups is 1. The molecule has 0 radical (unpaired) electrons. The van der Waals surface area contributed by atoms with Crippen LogP contribution in [0.4, 0.5) is 0 Å². The van der Waals surface area contributed by atoms with Crippen molar-refractivity contribution >= 4 is 44.4 Å². The third-order valence-electron chi connectivity index (χ3n) is 3.31. The standard InChI is InChI=1S/C13H15BrINO/c14-9-13(7-3-4-8-13)16-12(17)10-5-1-2-6-11(10)15/h1-2,5-6H,3-4,7-9H2,(H,16,17). The van der Waals surface area contributed by atoms with Gasteiger partial charge >= 0.3 is 0 Å². The molecule has 0 unspecified atom stereocenters. The molecule has 0 aliphatic heterocycles. The molecule has 1 aromatic carbocycles. The summed E-state index contributed by atoms with van der Waals surface area (Å²) in [5, 5.41) is 4.05. The van der Waals surface area contributed by atoms with Crippen molar-refractivity contribution in [3.8, 4) is 0 Å². The summed E-state index contributed by atoms with van der Waals surface area (Å²) in [5.41, 5.74) is 0.746. The van der Waals surface area contributed by atoms with Crippen molar-refractivity contribution in [3.63, 3.8) is 0 Å². The van der Waals surface area contributed by atoms with E-state index in [1.54, 1.807) is 0 Å². The molecule has 1 amide bonds. The Labute approximate surface area is 124 Å². The average Bonchev–Trinajstić information content (AvgIpc) is 2.79. The largest absolute Gasteiger partial charge is 0.346 e. The number of amides is 1. The molecule has 0 bridgehead atoms. The van der Waals surface area contributed by atoms with Gasteiger partial charge in [-0.15, -0.1) is 0 Å². The number of benzene rings is 1. The molecule has 92 valence electrons. The second kappa shape index (κ2) is 5.69. The van der Waals surface area contributed by atoms with E-state index in [0.717, 1.165) is 27.3 Å². The first-order valence-corrected chi connectivity index (χ1v) is 8.00. The Bertz CT molecular complexity index is 416. The van der Waals surface area contributed by atoms with Gasteiger partial charge in [-0.1, -0.05) is 40.9 Å². The highest BCUT2D eigenvalue weighted by atomic mass is 127. The molecular weight excluding hydrogens is 393 g/mol. The monoisotopic (exact) mass is 407 g/mol. The number of nitrogens with one attached hydrogen (secondary N) is 1. The third kappa shape index (κ3) is 3.02. The van der Waals surface area contributed by atoms with Crippen molar-refractivity contribution < 1.29 is 4.79 Å². The normalized spacial score (nSPS) is 18.0. The summed E-state index contributed by atoms with van der Waals surface area (Å²) in [5.74, 6) is 0.0522. The molecule has 0 spiro atoms. The Hall–Kier alpha value is -0.100. The maximum atomic E-state index is 12.2.